The summed E-state index contributed by atoms with van der Waals surface area (Å²) in [5.74, 6) is -0.667. The summed E-state index contributed by atoms with van der Waals surface area (Å²) in [5, 5.41) is 10.7. The zero-order valence-corrected chi connectivity index (χ0v) is 16.0. The van der Waals surface area contributed by atoms with E-state index in [1.807, 2.05) is 36.4 Å². The molecule has 6 nitrogen and oxygen atoms in total. The van der Waals surface area contributed by atoms with Gasteiger partial charge in [-0.3, -0.25) is 4.79 Å². The van der Waals surface area contributed by atoms with Gasteiger partial charge in [0.15, 0.2) is 6.61 Å². The Hall–Kier alpha value is -3.85. The molecule has 3 aromatic rings. The molecule has 0 aliphatic carbocycles. The van der Waals surface area contributed by atoms with Crippen molar-refractivity contribution in [2.45, 2.75) is 6.42 Å². The first-order chi connectivity index (χ1) is 14.1. The highest BCUT2D eigenvalue weighted by Gasteiger charge is 2.20. The van der Waals surface area contributed by atoms with Crippen LogP contribution < -0.4 is 9.64 Å². The van der Waals surface area contributed by atoms with Gasteiger partial charge in [0.05, 0.1) is 19.6 Å². The van der Waals surface area contributed by atoms with Crippen LogP contribution in [0, 0.1) is 11.3 Å². The lowest BCUT2D eigenvalue weighted by atomic mass is 10.1. The number of fused-ring (bicyclic) bond motifs is 1. The van der Waals surface area contributed by atoms with Crippen molar-refractivity contribution in [3.05, 3.63) is 72.3 Å². The van der Waals surface area contributed by atoms with E-state index in [1.165, 1.54) is 12.0 Å². The van der Waals surface area contributed by atoms with Crippen LogP contribution in [0.3, 0.4) is 0 Å². The first kappa shape index (κ1) is 19.9. The van der Waals surface area contributed by atoms with E-state index < -0.39 is 18.5 Å². The van der Waals surface area contributed by atoms with Gasteiger partial charge >= 0.3 is 5.97 Å². The third kappa shape index (κ3) is 4.71. The highest BCUT2D eigenvalue weighted by atomic mass is 16.5. The third-order valence-corrected chi connectivity index (χ3v) is 4.43. The van der Waals surface area contributed by atoms with E-state index in [2.05, 4.69) is 0 Å². The Labute approximate surface area is 168 Å². The maximum Gasteiger partial charge on any atom is 0.342 e. The van der Waals surface area contributed by atoms with E-state index in [4.69, 9.17) is 14.7 Å². The number of hydrogen-bond acceptors (Lipinski definition) is 5. The summed E-state index contributed by atoms with van der Waals surface area (Å²) in [4.78, 5) is 26.7. The Bertz CT molecular complexity index is 1060. The molecule has 0 fully saturated rings. The molecular weight excluding hydrogens is 368 g/mol. The molecule has 0 aliphatic heterocycles. The van der Waals surface area contributed by atoms with Crippen molar-refractivity contribution >= 4 is 28.3 Å². The Morgan fingerprint density at radius 2 is 1.66 bits per heavy atom. The monoisotopic (exact) mass is 388 g/mol. The number of para-hydroxylation sites is 1. The number of methoxy groups -OCH3 is 1. The van der Waals surface area contributed by atoms with Gasteiger partial charge in [-0.25, -0.2) is 4.79 Å². The van der Waals surface area contributed by atoms with Gasteiger partial charge in [0.1, 0.15) is 11.3 Å². The number of carbonyl (C=O) groups excluding carboxylic acids is 2. The maximum atomic E-state index is 12.7. The number of carbonyl (C=O) groups is 2. The minimum Gasteiger partial charge on any atom is -0.496 e. The van der Waals surface area contributed by atoms with E-state index in [9.17, 15) is 9.59 Å². The first-order valence-electron chi connectivity index (χ1n) is 9.10. The standard InChI is InChI=1S/C23H20N2O4/c1-28-21-15-18-9-6-5-8-17(18)14-20(21)23(27)29-16-22(26)25(13-7-12-24)19-10-3-2-4-11-19/h2-6,8-11,14-15H,7,13,16H2,1H3. The van der Waals surface area contributed by atoms with Crippen molar-refractivity contribution in [3.63, 3.8) is 0 Å². The number of nitrogens with zero attached hydrogens (tertiary/aromatic N) is 2. The van der Waals surface area contributed by atoms with Gasteiger partial charge in [0, 0.05) is 12.2 Å². The van der Waals surface area contributed by atoms with Gasteiger partial charge < -0.3 is 14.4 Å². The van der Waals surface area contributed by atoms with Crippen LogP contribution in [0.5, 0.6) is 5.75 Å². The van der Waals surface area contributed by atoms with Crippen molar-refractivity contribution in [2.75, 3.05) is 25.2 Å². The second kappa shape index (κ2) is 9.38. The molecule has 0 aromatic heterocycles. The molecule has 0 saturated heterocycles. The molecule has 29 heavy (non-hydrogen) atoms. The van der Waals surface area contributed by atoms with Crippen molar-refractivity contribution in [3.8, 4) is 11.8 Å². The zero-order chi connectivity index (χ0) is 20.6. The molecule has 0 spiro atoms. The van der Waals surface area contributed by atoms with E-state index in [0.29, 0.717) is 11.4 Å². The molecule has 0 N–H and O–H groups in total. The minimum atomic E-state index is -0.644. The van der Waals surface area contributed by atoms with Gasteiger partial charge in [-0.05, 0) is 35.0 Å². The van der Waals surface area contributed by atoms with Crippen LogP contribution in [0.15, 0.2) is 66.7 Å². The largest absolute Gasteiger partial charge is 0.496 e. The first-order valence-corrected chi connectivity index (χ1v) is 9.10. The number of benzene rings is 3. The van der Waals surface area contributed by atoms with E-state index in [-0.39, 0.29) is 18.5 Å². The van der Waals surface area contributed by atoms with Gasteiger partial charge in [-0.15, -0.1) is 0 Å². The van der Waals surface area contributed by atoms with Crippen LogP contribution in [0.2, 0.25) is 0 Å². The fourth-order valence-corrected chi connectivity index (χ4v) is 3.00. The van der Waals surface area contributed by atoms with Gasteiger partial charge in [-0.2, -0.15) is 5.26 Å². The third-order valence-electron chi connectivity index (χ3n) is 4.43. The molecule has 0 aliphatic rings. The SMILES string of the molecule is COc1cc2ccccc2cc1C(=O)OCC(=O)N(CCC#N)c1ccccc1. The van der Waals surface area contributed by atoms with Crippen LogP contribution in [0.4, 0.5) is 5.69 Å². The summed E-state index contributed by atoms with van der Waals surface area (Å²) < 4.78 is 10.6. The lowest BCUT2D eigenvalue weighted by Crippen LogP contribution is -2.35. The molecule has 0 atom stereocenters. The molecule has 0 bridgehead atoms. The number of anilines is 1. The van der Waals surface area contributed by atoms with Crippen LogP contribution in [-0.4, -0.2) is 32.1 Å². The predicted octanol–water partition coefficient (Wildman–Crippen LogP) is 3.95. The molecule has 0 radical (unpaired) electrons. The molecule has 1 amide bonds. The van der Waals surface area contributed by atoms with Gasteiger partial charge in [0.2, 0.25) is 0 Å². The summed E-state index contributed by atoms with van der Waals surface area (Å²) in [6.07, 6.45) is 0.174. The van der Waals surface area contributed by atoms with Crippen LogP contribution >= 0.6 is 0 Å². The summed E-state index contributed by atoms with van der Waals surface area (Å²) >= 11 is 0. The Kier molecular flexibility index (Phi) is 6.43. The molecule has 6 heteroatoms. The fraction of sp³-hybridized carbons (Fsp3) is 0.174. The average molecular weight is 388 g/mol. The molecule has 3 aromatic carbocycles. The van der Waals surface area contributed by atoms with E-state index in [1.54, 1.807) is 36.4 Å². The molecule has 0 heterocycles. The number of ether oxygens (including phenoxy) is 2. The topological polar surface area (TPSA) is 79.6 Å². The summed E-state index contributed by atoms with van der Waals surface area (Å²) in [7, 11) is 1.48. The minimum absolute atomic E-state index is 0.174. The van der Waals surface area contributed by atoms with Crippen molar-refractivity contribution in [2.24, 2.45) is 0 Å². The van der Waals surface area contributed by atoms with Crippen LogP contribution in [-0.2, 0) is 9.53 Å². The van der Waals surface area contributed by atoms with Gasteiger partial charge in [-0.1, -0.05) is 42.5 Å². The van der Waals surface area contributed by atoms with Crippen molar-refractivity contribution in [1.29, 1.82) is 5.26 Å². The van der Waals surface area contributed by atoms with Crippen LogP contribution in [0.25, 0.3) is 10.8 Å². The highest BCUT2D eigenvalue weighted by molar-refractivity contribution is 6.01. The fourth-order valence-electron chi connectivity index (χ4n) is 3.00. The Balaban J connectivity index is 1.76. The van der Waals surface area contributed by atoms with E-state index in [0.717, 1.165) is 10.8 Å². The maximum absolute atomic E-state index is 12.7. The number of amides is 1. The molecule has 0 saturated carbocycles. The highest BCUT2D eigenvalue weighted by Crippen LogP contribution is 2.26. The van der Waals surface area contributed by atoms with Gasteiger partial charge in [0.25, 0.3) is 5.91 Å². The van der Waals surface area contributed by atoms with E-state index >= 15 is 0 Å². The molecule has 146 valence electrons. The Morgan fingerprint density at radius 1 is 1.00 bits per heavy atom. The lowest BCUT2D eigenvalue weighted by Gasteiger charge is -2.21. The van der Waals surface area contributed by atoms with Crippen molar-refractivity contribution in [1.82, 2.24) is 0 Å². The second-order valence-corrected chi connectivity index (χ2v) is 6.26. The summed E-state index contributed by atoms with van der Waals surface area (Å²) in [6, 6.07) is 22.0. The molecule has 0 unspecified atom stereocenters. The Morgan fingerprint density at radius 3 is 2.31 bits per heavy atom. The second-order valence-electron chi connectivity index (χ2n) is 6.26. The quantitative estimate of drug-likeness (QED) is 0.573. The van der Waals surface area contributed by atoms with Crippen molar-refractivity contribution < 1.29 is 19.1 Å². The summed E-state index contributed by atoms with van der Waals surface area (Å²) in [5.41, 5.74) is 0.898. The average Bonchev–Trinajstić information content (AvgIpc) is 2.77. The number of rotatable bonds is 7. The normalized spacial score (nSPS) is 10.2. The summed E-state index contributed by atoms with van der Waals surface area (Å²) in [6.45, 7) is -0.217. The number of hydrogen-bond donors (Lipinski definition) is 0. The number of esters is 1. The van der Waals surface area contributed by atoms with Crippen LogP contribution in [0.1, 0.15) is 16.8 Å². The smallest absolute Gasteiger partial charge is 0.342 e. The lowest BCUT2D eigenvalue weighted by molar-refractivity contribution is -0.121. The number of nitriles is 1. The zero-order valence-electron chi connectivity index (χ0n) is 16.0. The molecular formula is C23H20N2O4. The predicted molar refractivity (Wildman–Crippen MR) is 110 cm³/mol. The molecule has 3 rings (SSSR count).